The summed E-state index contributed by atoms with van der Waals surface area (Å²) in [5.74, 6) is 7.41. The van der Waals surface area contributed by atoms with Gasteiger partial charge in [-0.1, -0.05) is 57.5 Å². The molecule has 2 aromatic heterocycles. The molecule has 0 atom stereocenters. The molecular weight excluding hydrogens is 386 g/mol. The van der Waals surface area contributed by atoms with Crippen molar-refractivity contribution in [2.24, 2.45) is 0 Å². The van der Waals surface area contributed by atoms with E-state index in [1.165, 1.54) is 16.4 Å². The van der Waals surface area contributed by atoms with Gasteiger partial charge in [-0.15, -0.1) is 10.2 Å². The van der Waals surface area contributed by atoms with E-state index in [0.29, 0.717) is 21.9 Å². The third kappa shape index (κ3) is 3.26. The molecule has 0 spiro atoms. The first-order valence-corrected chi connectivity index (χ1v) is 8.49. The quantitative estimate of drug-likeness (QED) is 0.413. The van der Waals surface area contributed by atoms with E-state index in [2.05, 4.69) is 31.1 Å². The molecule has 0 unspecified atom stereocenters. The molecule has 0 aliphatic rings. The highest BCUT2D eigenvalue weighted by molar-refractivity contribution is 9.10. The number of nitrogen functional groups attached to an aromatic ring is 1. The van der Waals surface area contributed by atoms with Crippen molar-refractivity contribution >= 4 is 39.3 Å². The van der Waals surface area contributed by atoms with Crippen LogP contribution in [0.5, 0.6) is 0 Å². The molecule has 22 heavy (non-hydrogen) atoms. The smallest absolute Gasteiger partial charge is 0.210 e. The van der Waals surface area contributed by atoms with Crippen LogP contribution in [0.3, 0.4) is 0 Å². The number of thioether (sulfide) groups is 1. The number of halogens is 2. The maximum absolute atomic E-state index is 6.11. The van der Waals surface area contributed by atoms with Crippen molar-refractivity contribution in [3.05, 3.63) is 57.8 Å². The lowest BCUT2D eigenvalue weighted by Crippen LogP contribution is -2.11. The fourth-order valence-electron chi connectivity index (χ4n) is 1.84. The second-order valence-corrected chi connectivity index (χ2v) is 6.62. The van der Waals surface area contributed by atoms with Gasteiger partial charge >= 0.3 is 0 Å². The summed E-state index contributed by atoms with van der Waals surface area (Å²) in [6.07, 6.45) is 1.74. The lowest BCUT2D eigenvalue weighted by atomic mass is 10.2. The molecule has 3 aromatic rings. The third-order valence-corrected chi connectivity index (χ3v) is 4.87. The van der Waals surface area contributed by atoms with Crippen LogP contribution in [0.1, 0.15) is 5.56 Å². The molecule has 0 aliphatic carbocycles. The van der Waals surface area contributed by atoms with Crippen LogP contribution in [0.4, 0.5) is 0 Å². The average Bonchev–Trinajstić information content (AvgIpc) is 2.88. The third-order valence-electron chi connectivity index (χ3n) is 2.94. The number of hydrogen-bond donors (Lipinski definition) is 1. The van der Waals surface area contributed by atoms with Gasteiger partial charge in [-0.3, -0.25) is 0 Å². The minimum absolute atomic E-state index is 0.479. The predicted octanol–water partition coefficient (Wildman–Crippen LogP) is 3.76. The standard InChI is InChI=1S/C14H11BrClN5S/c15-11-4-2-1-3-10(11)13-19-20-14(21(13)17)22-8-9-5-6-12(16)18-7-9/h1-7H,8,17H2. The van der Waals surface area contributed by atoms with E-state index in [-0.39, 0.29) is 0 Å². The highest BCUT2D eigenvalue weighted by Gasteiger charge is 2.14. The topological polar surface area (TPSA) is 69.6 Å². The highest BCUT2D eigenvalue weighted by Crippen LogP contribution is 2.28. The van der Waals surface area contributed by atoms with Crippen LogP contribution < -0.4 is 5.84 Å². The molecule has 1 aromatic carbocycles. The zero-order chi connectivity index (χ0) is 15.5. The molecular formula is C14H11BrClN5S. The average molecular weight is 397 g/mol. The molecule has 2 N–H and O–H groups in total. The number of hydrogen-bond acceptors (Lipinski definition) is 5. The summed E-state index contributed by atoms with van der Waals surface area (Å²) in [4.78, 5) is 4.05. The predicted molar refractivity (Wildman–Crippen MR) is 92.1 cm³/mol. The van der Waals surface area contributed by atoms with Crippen LogP contribution in [0, 0.1) is 0 Å². The van der Waals surface area contributed by atoms with Gasteiger partial charge in [0.1, 0.15) is 5.15 Å². The normalized spacial score (nSPS) is 10.8. The molecule has 0 saturated heterocycles. The van der Waals surface area contributed by atoms with Crippen molar-refractivity contribution in [1.82, 2.24) is 19.9 Å². The molecule has 2 heterocycles. The van der Waals surface area contributed by atoms with E-state index in [0.717, 1.165) is 15.6 Å². The number of pyridine rings is 1. The maximum atomic E-state index is 6.11. The van der Waals surface area contributed by atoms with Gasteiger partial charge in [0.25, 0.3) is 0 Å². The van der Waals surface area contributed by atoms with Crippen LogP contribution in [0.15, 0.2) is 52.2 Å². The van der Waals surface area contributed by atoms with Crippen molar-refractivity contribution in [2.75, 3.05) is 5.84 Å². The monoisotopic (exact) mass is 395 g/mol. The Bertz CT molecular complexity index is 790. The second-order valence-electron chi connectivity index (χ2n) is 4.43. The Morgan fingerprint density at radius 3 is 2.73 bits per heavy atom. The Balaban J connectivity index is 1.79. The number of nitrogens with two attached hydrogens (primary N) is 1. The van der Waals surface area contributed by atoms with Gasteiger partial charge in [0.2, 0.25) is 5.16 Å². The molecule has 3 rings (SSSR count). The minimum atomic E-state index is 0.479. The lowest BCUT2D eigenvalue weighted by molar-refractivity contribution is 0.849. The van der Waals surface area contributed by atoms with Gasteiger partial charge in [-0.25, -0.2) is 9.66 Å². The summed E-state index contributed by atoms with van der Waals surface area (Å²) in [6.45, 7) is 0. The van der Waals surface area contributed by atoms with E-state index in [1.54, 1.807) is 12.3 Å². The zero-order valence-corrected chi connectivity index (χ0v) is 14.4. The van der Waals surface area contributed by atoms with Crippen molar-refractivity contribution in [3.63, 3.8) is 0 Å². The Morgan fingerprint density at radius 2 is 2.00 bits per heavy atom. The number of aromatic nitrogens is 4. The van der Waals surface area contributed by atoms with Crippen molar-refractivity contribution in [2.45, 2.75) is 10.9 Å². The van der Waals surface area contributed by atoms with Gasteiger partial charge in [0, 0.05) is 22.0 Å². The zero-order valence-electron chi connectivity index (χ0n) is 11.3. The molecule has 112 valence electrons. The molecule has 5 nitrogen and oxygen atoms in total. The van der Waals surface area contributed by atoms with Crippen LogP contribution in [-0.4, -0.2) is 19.9 Å². The van der Waals surface area contributed by atoms with Crippen molar-refractivity contribution in [1.29, 1.82) is 0 Å². The van der Waals surface area contributed by atoms with Gasteiger partial charge in [-0.05, 0) is 23.8 Å². The molecule has 8 heteroatoms. The summed E-state index contributed by atoms with van der Waals surface area (Å²) in [6, 6.07) is 11.4. The molecule has 0 fully saturated rings. The fraction of sp³-hybridized carbons (Fsp3) is 0.0714. The number of rotatable bonds is 4. The van der Waals surface area contributed by atoms with E-state index in [4.69, 9.17) is 17.4 Å². The second kappa shape index (κ2) is 6.68. The van der Waals surface area contributed by atoms with E-state index in [9.17, 15) is 0 Å². The highest BCUT2D eigenvalue weighted by atomic mass is 79.9. The lowest BCUT2D eigenvalue weighted by Gasteiger charge is -2.05. The molecule has 0 aliphatic heterocycles. The summed E-state index contributed by atoms with van der Waals surface area (Å²) in [5, 5.41) is 9.44. The van der Waals surface area contributed by atoms with Crippen LogP contribution in [0.2, 0.25) is 5.15 Å². The van der Waals surface area contributed by atoms with Crippen LogP contribution in [-0.2, 0) is 5.75 Å². The number of nitrogens with zero attached hydrogens (tertiary/aromatic N) is 4. The molecule has 0 bridgehead atoms. The molecule has 0 radical (unpaired) electrons. The van der Waals surface area contributed by atoms with Gasteiger partial charge in [-0.2, -0.15) is 0 Å². The summed E-state index contributed by atoms with van der Waals surface area (Å²) < 4.78 is 2.42. The summed E-state index contributed by atoms with van der Waals surface area (Å²) in [5.41, 5.74) is 1.94. The van der Waals surface area contributed by atoms with Crippen molar-refractivity contribution < 1.29 is 0 Å². The van der Waals surface area contributed by atoms with Crippen molar-refractivity contribution in [3.8, 4) is 11.4 Å². The maximum Gasteiger partial charge on any atom is 0.210 e. The first-order valence-electron chi connectivity index (χ1n) is 6.34. The SMILES string of the molecule is Nn1c(SCc2ccc(Cl)nc2)nnc1-c1ccccc1Br. The number of benzene rings is 1. The molecule has 0 saturated carbocycles. The van der Waals surface area contributed by atoms with Gasteiger partial charge < -0.3 is 5.84 Å². The molecule has 0 amide bonds. The summed E-state index contributed by atoms with van der Waals surface area (Å²) >= 11 is 10.8. The van der Waals surface area contributed by atoms with E-state index in [1.807, 2.05) is 30.3 Å². The first kappa shape index (κ1) is 15.3. The fourth-order valence-corrected chi connectivity index (χ4v) is 3.21. The van der Waals surface area contributed by atoms with Gasteiger partial charge in [0.05, 0.1) is 0 Å². The largest absolute Gasteiger partial charge is 0.335 e. The Kier molecular flexibility index (Phi) is 4.66. The van der Waals surface area contributed by atoms with E-state index < -0.39 is 0 Å². The Labute approximate surface area is 145 Å². The first-order chi connectivity index (χ1) is 10.6. The van der Waals surface area contributed by atoms with E-state index >= 15 is 0 Å². The summed E-state index contributed by atoms with van der Waals surface area (Å²) in [7, 11) is 0. The Morgan fingerprint density at radius 1 is 1.18 bits per heavy atom. The van der Waals surface area contributed by atoms with Crippen LogP contribution >= 0.6 is 39.3 Å². The van der Waals surface area contributed by atoms with Gasteiger partial charge in [0.15, 0.2) is 5.82 Å². The van der Waals surface area contributed by atoms with Crippen LogP contribution in [0.25, 0.3) is 11.4 Å². The Hall–Kier alpha value is -1.57. The minimum Gasteiger partial charge on any atom is -0.335 e.